The minimum atomic E-state index is -0.0760. The topological polar surface area (TPSA) is 60.2 Å². The summed E-state index contributed by atoms with van der Waals surface area (Å²) in [6, 6.07) is 23.2. The summed E-state index contributed by atoms with van der Waals surface area (Å²) >= 11 is 0. The fourth-order valence-corrected chi connectivity index (χ4v) is 3.13. The minimum absolute atomic E-state index is 0.0760. The number of hydrogen-bond donors (Lipinski definition) is 0. The standard InChI is InChI=1S/C26H24N4O2/c1-29(18-22-17-28-30(19-22)24-8-3-2-4-9-24)26(31)15-12-21-10-13-25(14-11-21)32-20-23-7-5-6-16-27-23/h2-17,19H,18,20H2,1H3/b15-12+. The van der Waals surface area contributed by atoms with Crippen molar-refractivity contribution in [3.8, 4) is 11.4 Å². The van der Waals surface area contributed by atoms with Gasteiger partial charge in [-0.3, -0.25) is 9.78 Å². The summed E-state index contributed by atoms with van der Waals surface area (Å²) in [5, 5.41) is 4.38. The molecule has 2 aromatic carbocycles. The van der Waals surface area contributed by atoms with Crippen LogP contribution in [0.15, 0.2) is 97.5 Å². The molecule has 0 saturated carbocycles. The lowest BCUT2D eigenvalue weighted by Crippen LogP contribution is -2.23. The van der Waals surface area contributed by atoms with Gasteiger partial charge >= 0.3 is 0 Å². The molecule has 6 nitrogen and oxygen atoms in total. The van der Waals surface area contributed by atoms with Crippen LogP contribution in [0.2, 0.25) is 0 Å². The molecule has 1 amide bonds. The first kappa shape index (κ1) is 21.1. The van der Waals surface area contributed by atoms with Crippen molar-refractivity contribution in [3.63, 3.8) is 0 Å². The third kappa shape index (κ3) is 5.70. The first-order valence-electron chi connectivity index (χ1n) is 10.3. The summed E-state index contributed by atoms with van der Waals surface area (Å²) in [5.41, 5.74) is 3.75. The van der Waals surface area contributed by atoms with Gasteiger partial charge in [-0.25, -0.2) is 4.68 Å². The van der Waals surface area contributed by atoms with Crippen molar-refractivity contribution in [1.82, 2.24) is 19.7 Å². The Morgan fingerprint density at radius 3 is 2.56 bits per heavy atom. The third-order valence-corrected chi connectivity index (χ3v) is 4.86. The van der Waals surface area contributed by atoms with Crippen molar-refractivity contribution < 1.29 is 9.53 Å². The van der Waals surface area contributed by atoms with E-state index in [1.54, 1.807) is 41.2 Å². The number of carbonyl (C=O) groups is 1. The van der Waals surface area contributed by atoms with Gasteiger partial charge in [0.25, 0.3) is 0 Å². The molecule has 2 heterocycles. The highest BCUT2D eigenvalue weighted by molar-refractivity contribution is 5.91. The summed E-state index contributed by atoms with van der Waals surface area (Å²) in [6.07, 6.45) is 8.84. The van der Waals surface area contributed by atoms with Gasteiger partial charge in [-0.2, -0.15) is 5.10 Å². The number of benzene rings is 2. The van der Waals surface area contributed by atoms with Crippen LogP contribution in [-0.2, 0) is 17.9 Å². The number of para-hydroxylation sites is 1. The fourth-order valence-electron chi connectivity index (χ4n) is 3.13. The number of nitrogens with zero attached hydrogens (tertiary/aromatic N) is 4. The number of hydrogen-bond acceptors (Lipinski definition) is 4. The summed E-state index contributed by atoms with van der Waals surface area (Å²) in [5.74, 6) is 0.680. The fraction of sp³-hybridized carbons (Fsp3) is 0.115. The Balaban J connectivity index is 1.29. The number of carbonyl (C=O) groups excluding carboxylic acids is 1. The molecule has 6 heteroatoms. The predicted octanol–water partition coefficient (Wildman–Crippen LogP) is 4.52. The normalized spacial score (nSPS) is 10.9. The second-order valence-electron chi connectivity index (χ2n) is 7.34. The molecule has 0 radical (unpaired) electrons. The molecule has 0 saturated heterocycles. The molecule has 4 rings (SSSR count). The van der Waals surface area contributed by atoms with Crippen LogP contribution in [0.4, 0.5) is 0 Å². The molecule has 0 atom stereocenters. The Labute approximate surface area is 187 Å². The van der Waals surface area contributed by atoms with Crippen molar-refractivity contribution >= 4 is 12.0 Å². The smallest absolute Gasteiger partial charge is 0.246 e. The molecule has 4 aromatic rings. The Morgan fingerprint density at radius 2 is 1.81 bits per heavy atom. The minimum Gasteiger partial charge on any atom is -0.487 e. The molecular formula is C26H24N4O2. The molecule has 0 N–H and O–H groups in total. The Kier molecular flexibility index (Phi) is 6.72. The van der Waals surface area contributed by atoms with Crippen molar-refractivity contribution in [1.29, 1.82) is 0 Å². The maximum absolute atomic E-state index is 12.5. The zero-order valence-electron chi connectivity index (χ0n) is 17.8. The molecule has 2 aromatic heterocycles. The molecule has 0 aliphatic rings. The summed E-state index contributed by atoms with van der Waals surface area (Å²) < 4.78 is 7.55. The lowest BCUT2D eigenvalue weighted by molar-refractivity contribution is -0.125. The van der Waals surface area contributed by atoms with E-state index in [0.717, 1.165) is 28.3 Å². The zero-order chi connectivity index (χ0) is 22.2. The van der Waals surface area contributed by atoms with E-state index in [1.165, 1.54) is 0 Å². The largest absolute Gasteiger partial charge is 0.487 e. The first-order valence-corrected chi connectivity index (χ1v) is 10.3. The number of amides is 1. The van der Waals surface area contributed by atoms with Gasteiger partial charge in [0.05, 0.1) is 17.6 Å². The van der Waals surface area contributed by atoms with E-state index in [1.807, 2.05) is 79.0 Å². The second kappa shape index (κ2) is 10.2. The van der Waals surface area contributed by atoms with Gasteiger partial charge in [0.1, 0.15) is 12.4 Å². The highest BCUT2D eigenvalue weighted by atomic mass is 16.5. The number of rotatable bonds is 8. The van der Waals surface area contributed by atoms with Crippen molar-refractivity contribution in [3.05, 3.63) is 114 Å². The SMILES string of the molecule is CN(Cc1cnn(-c2ccccc2)c1)C(=O)/C=C/c1ccc(OCc2ccccn2)cc1. The molecule has 0 spiro atoms. The number of likely N-dealkylation sites (N-methyl/N-ethyl adjacent to an activating group) is 1. The van der Waals surface area contributed by atoms with E-state index in [9.17, 15) is 4.79 Å². The van der Waals surface area contributed by atoms with E-state index < -0.39 is 0 Å². The first-order chi connectivity index (χ1) is 15.7. The van der Waals surface area contributed by atoms with Crippen LogP contribution in [0.25, 0.3) is 11.8 Å². The molecule has 160 valence electrons. The Hall–Kier alpha value is -4.19. The van der Waals surface area contributed by atoms with Gasteiger partial charge in [-0.15, -0.1) is 0 Å². The van der Waals surface area contributed by atoms with Crippen LogP contribution in [0.1, 0.15) is 16.8 Å². The number of aromatic nitrogens is 3. The highest BCUT2D eigenvalue weighted by Gasteiger charge is 2.08. The molecule has 32 heavy (non-hydrogen) atoms. The third-order valence-electron chi connectivity index (χ3n) is 4.86. The molecular weight excluding hydrogens is 400 g/mol. The van der Waals surface area contributed by atoms with Crippen molar-refractivity contribution in [2.75, 3.05) is 7.05 Å². The Morgan fingerprint density at radius 1 is 1.03 bits per heavy atom. The molecule has 0 fully saturated rings. The van der Waals surface area contributed by atoms with E-state index >= 15 is 0 Å². The highest BCUT2D eigenvalue weighted by Crippen LogP contribution is 2.15. The summed E-state index contributed by atoms with van der Waals surface area (Å²) in [7, 11) is 1.78. The van der Waals surface area contributed by atoms with E-state index in [-0.39, 0.29) is 5.91 Å². The zero-order valence-corrected chi connectivity index (χ0v) is 17.8. The number of ether oxygens (including phenoxy) is 1. The van der Waals surface area contributed by atoms with Crippen LogP contribution in [0.5, 0.6) is 5.75 Å². The Bertz CT molecular complexity index is 1170. The van der Waals surface area contributed by atoms with Gasteiger partial charge in [0.2, 0.25) is 5.91 Å². The molecule has 0 aliphatic carbocycles. The van der Waals surface area contributed by atoms with Crippen LogP contribution in [0.3, 0.4) is 0 Å². The van der Waals surface area contributed by atoms with Gasteiger partial charge in [-0.1, -0.05) is 36.4 Å². The quantitative estimate of drug-likeness (QED) is 0.390. The van der Waals surface area contributed by atoms with Gasteiger partial charge in [0.15, 0.2) is 0 Å². The van der Waals surface area contributed by atoms with Crippen molar-refractivity contribution in [2.45, 2.75) is 13.2 Å². The average Bonchev–Trinajstić information content (AvgIpc) is 3.31. The van der Waals surface area contributed by atoms with Crippen LogP contribution in [-0.4, -0.2) is 32.6 Å². The molecule has 0 unspecified atom stereocenters. The number of pyridine rings is 1. The van der Waals surface area contributed by atoms with Crippen LogP contribution in [0, 0.1) is 0 Å². The van der Waals surface area contributed by atoms with Crippen LogP contribution >= 0.6 is 0 Å². The maximum Gasteiger partial charge on any atom is 0.246 e. The maximum atomic E-state index is 12.5. The van der Waals surface area contributed by atoms with Gasteiger partial charge in [0, 0.05) is 37.6 Å². The van der Waals surface area contributed by atoms with E-state index in [0.29, 0.717) is 13.2 Å². The lowest BCUT2D eigenvalue weighted by Gasteiger charge is -2.13. The molecule has 0 bridgehead atoms. The van der Waals surface area contributed by atoms with Gasteiger partial charge in [-0.05, 0) is 48.0 Å². The molecule has 0 aliphatic heterocycles. The second-order valence-corrected chi connectivity index (χ2v) is 7.34. The van der Waals surface area contributed by atoms with Gasteiger partial charge < -0.3 is 9.64 Å². The van der Waals surface area contributed by atoms with Crippen LogP contribution < -0.4 is 4.74 Å². The summed E-state index contributed by atoms with van der Waals surface area (Å²) in [4.78, 5) is 18.4. The van der Waals surface area contributed by atoms with E-state index in [2.05, 4.69) is 10.1 Å². The van der Waals surface area contributed by atoms with Crippen molar-refractivity contribution in [2.24, 2.45) is 0 Å². The van der Waals surface area contributed by atoms with E-state index in [4.69, 9.17) is 4.74 Å². The monoisotopic (exact) mass is 424 g/mol. The predicted molar refractivity (Wildman–Crippen MR) is 124 cm³/mol. The average molecular weight is 425 g/mol. The summed E-state index contributed by atoms with van der Waals surface area (Å²) in [6.45, 7) is 0.899. The lowest BCUT2D eigenvalue weighted by atomic mass is 10.2.